The van der Waals surface area contributed by atoms with Crippen LogP contribution in [0.5, 0.6) is 0 Å². The van der Waals surface area contributed by atoms with Crippen LogP contribution in [-0.4, -0.2) is 34.5 Å². The molecular formula is C23H27ClN4O2. The van der Waals surface area contributed by atoms with E-state index >= 15 is 0 Å². The number of halogens is 1. The van der Waals surface area contributed by atoms with E-state index in [0.29, 0.717) is 42.4 Å². The van der Waals surface area contributed by atoms with Crippen molar-refractivity contribution in [3.8, 4) is 0 Å². The molecule has 7 heteroatoms. The van der Waals surface area contributed by atoms with Gasteiger partial charge in [-0.15, -0.1) is 0 Å². The number of rotatable bonds is 9. The predicted octanol–water partition coefficient (Wildman–Crippen LogP) is 3.82. The molecule has 30 heavy (non-hydrogen) atoms. The number of hydrogen-bond donors (Lipinski definition) is 2. The summed E-state index contributed by atoms with van der Waals surface area (Å²) < 4.78 is 1.96. The fourth-order valence-corrected chi connectivity index (χ4v) is 3.42. The molecule has 0 saturated carbocycles. The summed E-state index contributed by atoms with van der Waals surface area (Å²) in [5, 5.41) is 6.29. The average Bonchev–Trinajstić information content (AvgIpc) is 3.07. The zero-order valence-electron chi connectivity index (χ0n) is 17.3. The topological polar surface area (TPSA) is 76.0 Å². The van der Waals surface area contributed by atoms with Crippen molar-refractivity contribution in [2.75, 3.05) is 13.1 Å². The Morgan fingerprint density at radius 2 is 1.80 bits per heavy atom. The summed E-state index contributed by atoms with van der Waals surface area (Å²) >= 11 is 6.08. The van der Waals surface area contributed by atoms with Gasteiger partial charge in [-0.2, -0.15) is 0 Å². The molecular weight excluding hydrogens is 400 g/mol. The van der Waals surface area contributed by atoms with Gasteiger partial charge in [0.15, 0.2) is 0 Å². The smallest absolute Gasteiger partial charge is 0.252 e. The maximum Gasteiger partial charge on any atom is 0.252 e. The van der Waals surface area contributed by atoms with Crippen LogP contribution in [0, 0.1) is 5.92 Å². The molecule has 0 aliphatic carbocycles. The van der Waals surface area contributed by atoms with E-state index in [4.69, 9.17) is 16.6 Å². The Balaban J connectivity index is 1.63. The predicted molar refractivity (Wildman–Crippen MR) is 120 cm³/mol. The summed E-state index contributed by atoms with van der Waals surface area (Å²) in [6, 6.07) is 14.8. The number of carbonyl (C=O) groups excluding carboxylic acids is 2. The number of carbonyl (C=O) groups is 2. The van der Waals surface area contributed by atoms with Gasteiger partial charge in [-0.25, -0.2) is 4.98 Å². The number of aromatic nitrogens is 2. The first-order chi connectivity index (χ1) is 14.5. The minimum absolute atomic E-state index is 0.0277. The van der Waals surface area contributed by atoms with Crippen LogP contribution in [0.2, 0.25) is 5.02 Å². The highest BCUT2D eigenvalue weighted by Gasteiger charge is 2.14. The number of nitrogens with zero attached hydrogens (tertiary/aromatic N) is 2. The number of fused-ring (bicyclic) bond motifs is 1. The zero-order valence-corrected chi connectivity index (χ0v) is 18.1. The maximum atomic E-state index is 12.4. The normalized spacial score (nSPS) is 11.1. The largest absolute Gasteiger partial charge is 0.354 e. The third-order valence-corrected chi connectivity index (χ3v) is 5.05. The molecule has 3 rings (SSSR count). The molecule has 2 amide bonds. The standard InChI is InChI=1S/C23H27ClN4O2/c1-16(2)14-26-22(29)15-28-20-11-6-5-10-19(20)27-21(28)12-7-13-25-23(30)17-8-3-4-9-18(17)24/h3-6,8-11,16H,7,12-15H2,1-2H3,(H,25,30)(H,26,29). The first kappa shape index (κ1) is 21.8. The molecule has 158 valence electrons. The van der Waals surface area contributed by atoms with Crippen molar-refractivity contribution in [3.05, 3.63) is 64.9 Å². The minimum atomic E-state index is -0.192. The molecule has 6 nitrogen and oxygen atoms in total. The minimum Gasteiger partial charge on any atom is -0.354 e. The highest BCUT2D eigenvalue weighted by Crippen LogP contribution is 2.17. The molecule has 0 fully saturated rings. The summed E-state index contributed by atoms with van der Waals surface area (Å²) in [4.78, 5) is 29.4. The van der Waals surface area contributed by atoms with Gasteiger partial charge in [0.2, 0.25) is 5.91 Å². The highest BCUT2D eigenvalue weighted by atomic mass is 35.5. The molecule has 2 aromatic carbocycles. The Morgan fingerprint density at radius 3 is 2.57 bits per heavy atom. The fraction of sp³-hybridized carbons (Fsp3) is 0.348. The van der Waals surface area contributed by atoms with Crippen LogP contribution in [0.15, 0.2) is 48.5 Å². The summed E-state index contributed by atoms with van der Waals surface area (Å²) in [6.07, 6.45) is 1.35. The number of aryl methyl sites for hydroxylation is 1. The van der Waals surface area contributed by atoms with Gasteiger partial charge in [-0.3, -0.25) is 9.59 Å². The van der Waals surface area contributed by atoms with Gasteiger partial charge < -0.3 is 15.2 Å². The van der Waals surface area contributed by atoms with Crippen molar-refractivity contribution in [2.24, 2.45) is 5.92 Å². The molecule has 1 heterocycles. The van der Waals surface area contributed by atoms with Crippen molar-refractivity contribution in [2.45, 2.75) is 33.2 Å². The maximum absolute atomic E-state index is 12.4. The third kappa shape index (κ3) is 5.60. The Labute approximate surface area is 181 Å². The van der Waals surface area contributed by atoms with Crippen LogP contribution in [0.4, 0.5) is 0 Å². The van der Waals surface area contributed by atoms with Crippen molar-refractivity contribution >= 4 is 34.4 Å². The van der Waals surface area contributed by atoms with Crippen molar-refractivity contribution in [3.63, 3.8) is 0 Å². The number of hydrogen-bond acceptors (Lipinski definition) is 3. The summed E-state index contributed by atoms with van der Waals surface area (Å²) in [5.74, 6) is 1.01. The zero-order chi connectivity index (χ0) is 21.5. The molecule has 0 unspecified atom stereocenters. The Morgan fingerprint density at radius 1 is 1.07 bits per heavy atom. The lowest BCUT2D eigenvalue weighted by Gasteiger charge is -2.11. The first-order valence-corrected chi connectivity index (χ1v) is 10.6. The van der Waals surface area contributed by atoms with Gasteiger partial charge in [-0.1, -0.05) is 49.7 Å². The van der Waals surface area contributed by atoms with Gasteiger partial charge in [0.1, 0.15) is 12.4 Å². The van der Waals surface area contributed by atoms with E-state index in [1.165, 1.54) is 0 Å². The van der Waals surface area contributed by atoms with E-state index < -0.39 is 0 Å². The summed E-state index contributed by atoms with van der Waals surface area (Å²) in [6.45, 7) is 5.50. The van der Waals surface area contributed by atoms with Crippen LogP contribution in [0.25, 0.3) is 11.0 Å². The lowest BCUT2D eigenvalue weighted by molar-refractivity contribution is -0.121. The molecule has 0 atom stereocenters. The molecule has 1 aromatic heterocycles. The summed E-state index contributed by atoms with van der Waals surface area (Å²) in [5.41, 5.74) is 2.27. The number of amides is 2. The molecule has 0 aliphatic heterocycles. The second-order valence-corrected chi connectivity index (χ2v) is 8.05. The number of imidazole rings is 1. The van der Waals surface area contributed by atoms with E-state index in [1.807, 2.05) is 28.8 Å². The average molecular weight is 427 g/mol. The van der Waals surface area contributed by atoms with Crippen LogP contribution < -0.4 is 10.6 Å². The van der Waals surface area contributed by atoms with Crippen LogP contribution in [-0.2, 0) is 17.8 Å². The quantitative estimate of drug-likeness (QED) is 0.510. The monoisotopic (exact) mass is 426 g/mol. The van der Waals surface area contributed by atoms with E-state index in [1.54, 1.807) is 24.3 Å². The Bertz CT molecular complexity index is 1030. The Hall–Kier alpha value is -2.86. The molecule has 0 aliphatic rings. The summed E-state index contributed by atoms with van der Waals surface area (Å²) in [7, 11) is 0. The van der Waals surface area contributed by atoms with Crippen molar-refractivity contribution in [1.82, 2.24) is 20.2 Å². The van der Waals surface area contributed by atoms with E-state index in [2.05, 4.69) is 24.5 Å². The lowest BCUT2D eigenvalue weighted by atomic mass is 10.2. The van der Waals surface area contributed by atoms with Gasteiger partial charge in [0.05, 0.1) is 21.6 Å². The van der Waals surface area contributed by atoms with Crippen molar-refractivity contribution in [1.29, 1.82) is 0 Å². The van der Waals surface area contributed by atoms with Gasteiger partial charge in [0.25, 0.3) is 5.91 Å². The Kier molecular flexibility index (Phi) is 7.46. The molecule has 0 bridgehead atoms. The van der Waals surface area contributed by atoms with E-state index in [0.717, 1.165) is 16.9 Å². The molecule has 2 N–H and O–H groups in total. The van der Waals surface area contributed by atoms with Crippen molar-refractivity contribution < 1.29 is 9.59 Å². The van der Waals surface area contributed by atoms with Crippen LogP contribution in [0.3, 0.4) is 0 Å². The molecule has 3 aromatic rings. The van der Waals surface area contributed by atoms with Gasteiger partial charge in [-0.05, 0) is 36.6 Å². The molecule has 0 saturated heterocycles. The lowest BCUT2D eigenvalue weighted by Crippen LogP contribution is -2.31. The molecule has 0 spiro atoms. The number of para-hydroxylation sites is 2. The third-order valence-electron chi connectivity index (χ3n) is 4.72. The fourth-order valence-electron chi connectivity index (χ4n) is 3.20. The van der Waals surface area contributed by atoms with Gasteiger partial charge in [0, 0.05) is 19.5 Å². The molecule has 0 radical (unpaired) electrons. The first-order valence-electron chi connectivity index (χ1n) is 10.2. The van der Waals surface area contributed by atoms with Gasteiger partial charge >= 0.3 is 0 Å². The number of benzene rings is 2. The van der Waals surface area contributed by atoms with Crippen LogP contribution in [0.1, 0.15) is 36.5 Å². The van der Waals surface area contributed by atoms with E-state index in [9.17, 15) is 9.59 Å². The SMILES string of the molecule is CC(C)CNC(=O)Cn1c(CCCNC(=O)c2ccccc2Cl)nc2ccccc21. The van der Waals surface area contributed by atoms with Crippen LogP contribution >= 0.6 is 11.6 Å². The highest BCUT2D eigenvalue weighted by molar-refractivity contribution is 6.33. The number of nitrogens with one attached hydrogen (secondary N) is 2. The second kappa shape index (κ2) is 10.3. The van der Waals surface area contributed by atoms with E-state index in [-0.39, 0.29) is 18.4 Å². The second-order valence-electron chi connectivity index (χ2n) is 7.64.